The maximum Gasteiger partial charge on any atom is 0.0938 e. The minimum atomic E-state index is -0.547. The second kappa shape index (κ2) is 6.30. The lowest BCUT2D eigenvalue weighted by Crippen LogP contribution is -2.44. The highest BCUT2D eigenvalue weighted by Gasteiger charge is 2.38. The Kier molecular flexibility index (Phi) is 4.65. The number of hydrogen-bond donors (Lipinski definition) is 3. The van der Waals surface area contributed by atoms with E-state index < -0.39 is 12.2 Å². The first-order valence-corrected chi connectivity index (χ1v) is 8.49. The van der Waals surface area contributed by atoms with Crippen molar-refractivity contribution >= 4 is 0 Å². The third-order valence-corrected chi connectivity index (χ3v) is 5.40. The van der Waals surface area contributed by atoms with Crippen molar-refractivity contribution in [3.05, 3.63) is 0 Å². The molecule has 1 heterocycles. The molecule has 2 aliphatic carbocycles. The van der Waals surface area contributed by atoms with Crippen LogP contribution in [0.25, 0.3) is 0 Å². The zero-order chi connectivity index (χ0) is 14.0. The van der Waals surface area contributed by atoms with Crippen LogP contribution in [0.2, 0.25) is 0 Å². The Morgan fingerprint density at radius 3 is 2.10 bits per heavy atom. The van der Waals surface area contributed by atoms with Crippen molar-refractivity contribution in [2.24, 2.45) is 5.41 Å². The minimum Gasteiger partial charge on any atom is -0.389 e. The third kappa shape index (κ3) is 3.73. The molecule has 1 saturated heterocycles. The number of nitrogens with one attached hydrogen (secondary N) is 1. The van der Waals surface area contributed by atoms with Gasteiger partial charge in [0.15, 0.2) is 0 Å². The summed E-state index contributed by atoms with van der Waals surface area (Å²) >= 11 is 0. The number of aliphatic hydroxyl groups excluding tert-OH is 2. The quantitative estimate of drug-likeness (QED) is 0.661. The van der Waals surface area contributed by atoms with Crippen molar-refractivity contribution < 1.29 is 10.2 Å². The van der Waals surface area contributed by atoms with E-state index in [1.807, 2.05) is 0 Å². The molecular formula is C16H30N2O2. The number of β-amino-alcohol motifs (C(OH)–C–C–N with tert-alkyl or cyclic N) is 2. The largest absolute Gasteiger partial charge is 0.389 e. The Bertz CT molecular complexity index is 302. The van der Waals surface area contributed by atoms with Gasteiger partial charge in [0.2, 0.25) is 0 Å². The van der Waals surface area contributed by atoms with E-state index in [0.717, 1.165) is 19.1 Å². The van der Waals surface area contributed by atoms with E-state index in [9.17, 15) is 10.2 Å². The lowest BCUT2D eigenvalue weighted by molar-refractivity contribution is 0.0572. The number of rotatable bonds is 5. The van der Waals surface area contributed by atoms with Gasteiger partial charge < -0.3 is 15.5 Å². The van der Waals surface area contributed by atoms with Crippen LogP contribution in [0.1, 0.15) is 51.4 Å². The first-order chi connectivity index (χ1) is 9.67. The standard InChI is InChI=1S/C16H30N2O2/c19-14-9-18(10-15(14)20)12-16(11-17-13-5-6-13)7-3-1-2-4-8-16/h13-15,17,19-20H,1-12H2. The third-order valence-electron chi connectivity index (χ3n) is 5.40. The van der Waals surface area contributed by atoms with Crippen LogP contribution in [0.3, 0.4) is 0 Å². The summed E-state index contributed by atoms with van der Waals surface area (Å²) in [6, 6.07) is 0.768. The summed E-state index contributed by atoms with van der Waals surface area (Å²) in [7, 11) is 0. The molecule has 2 atom stereocenters. The van der Waals surface area contributed by atoms with Crippen molar-refractivity contribution in [1.82, 2.24) is 10.2 Å². The van der Waals surface area contributed by atoms with Crippen LogP contribution in [-0.4, -0.2) is 59.5 Å². The molecule has 0 bridgehead atoms. The molecule has 1 aliphatic heterocycles. The van der Waals surface area contributed by atoms with Crippen LogP contribution in [0.5, 0.6) is 0 Å². The summed E-state index contributed by atoms with van der Waals surface area (Å²) in [6.45, 7) is 3.46. The fourth-order valence-electron chi connectivity index (χ4n) is 3.97. The van der Waals surface area contributed by atoms with Crippen molar-refractivity contribution in [3.63, 3.8) is 0 Å². The van der Waals surface area contributed by atoms with Gasteiger partial charge in [0, 0.05) is 32.2 Å². The van der Waals surface area contributed by atoms with Gasteiger partial charge in [-0.3, -0.25) is 4.90 Å². The molecule has 4 heteroatoms. The Balaban J connectivity index is 1.60. The van der Waals surface area contributed by atoms with Gasteiger partial charge in [-0.2, -0.15) is 0 Å². The van der Waals surface area contributed by atoms with Gasteiger partial charge in [0.05, 0.1) is 12.2 Å². The van der Waals surface area contributed by atoms with E-state index in [1.165, 1.54) is 51.4 Å². The minimum absolute atomic E-state index is 0.364. The normalized spacial score (nSPS) is 35.1. The van der Waals surface area contributed by atoms with E-state index >= 15 is 0 Å². The molecule has 116 valence electrons. The van der Waals surface area contributed by atoms with E-state index in [-0.39, 0.29) is 0 Å². The second-order valence-corrected chi connectivity index (χ2v) is 7.40. The van der Waals surface area contributed by atoms with Crippen molar-refractivity contribution in [2.75, 3.05) is 26.2 Å². The Hall–Kier alpha value is -0.160. The highest BCUT2D eigenvalue weighted by Crippen LogP contribution is 2.37. The fourth-order valence-corrected chi connectivity index (χ4v) is 3.97. The number of nitrogens with zero attached hydrogens (tertiary/aromatic N) is 1. The Morgan fingerprint density at radius 2 is 1.55 bits per heavy atom. The molecule has 0 aromatic heterocycles. The van der Waals surface area contributed by atoms with Gasteiger partial charge in [-0.25, -0.2) is 0 Å². The van der Waals surface area contributed by atoms with Crippen LogP contribution < -0.4 is 5.32 Å². The van der Waals surface area contributed by atoms with Crippen LogP contribution >= 0.6 is 0 Å². The predicted octanol–water partition coefficient (Wildman–Crippen LogP) is 1.12. The van der Waals surface area contributed by atoms with E-state index in [0.29, 0.717) is 18.5 Å². The molecule has 4 nitrogen and oxygen atoms in total. The maximum atomic E-state index is 9.76. The van der Waals surface area contributed by atoms with Crippen LogP contribution in [0, 0.1) is 5.41 Å². The van der Waals surface area contributed by atoms with Crippen molar-refractivity contribution in [3.8, 4) is 0 Å². The highest BCUT2D eigenvalue weighted by molar-refractivity contribution is 4.93. The summed E-state index contributed by atoms with van der Waals surface area (Å²) < 4.78 is 0. The van der Waals surface area contributed by atoms with E-state index in [2.05, 4.69) is 10.2 Å². The first-order valence-electron chi connectivity index (χ1n) is 8.49. The molecule has 0 spiro atoms. The molecule has 0 radical (unpaired) electrons. The van der Waals surface area contributed by atoms with Gasteiger partial charge in [-0.1, -0.05) is 25.7 Å². The van der Waals surface area contributed by atoms with Gasteiger partial charge >= 0.3 is 0 Å². The molecule has 3 rings (SSSR count). The van der Waals surface area contributed by atoms with Crippen molar-refractivity contribution in [2.45, 2.75) is 69.6 Å². The Morgan fingerprint density at radius 1 is 0.950 bits per heavy atom. The van der Waals surface area contributed by atoms with Gasteiger partial charge in [-0.15, -0.1) is 0 Å². The van der Waals surface area contributed by atoms with Crippen molar-refractivity contribution in [1.29, 1.82) is 0 Å². The second-order valence-electron chi connectivity index (χ2n) is 7.40. The van der Waals surface area contributed by atoms with E-state index in [4.69, 9.17) is 0 Å². The summed E-state index contributed by atoms with van der Waals surface area (Å²) in [4.78, 5) is 2.29. The lowest BCUT2D eigenvalue weighted by Gasteiger charge is -2.37. The Labute approximate surface area is 122 Å². The molecule has 3 N–H and O–H groups in total. The molecular weight excluding hydrogens is 252 g/mol. The topological polar surface area (TPSA) is 55.7 Å². The van der Waals surface area contributed by atoms with Crippen LogP contribution in [-0.2, 0) is 0 Å². The molecule has 0 aromatic rings. The van der Waals surface area contributed by atoms with E-state index in [1.54, 1.807) is 0 Å². The van der Waals surface area contributed by atoms with Gasteiger partial charge in [-0.05, 0) is 31.1 Å². The smallest absolute Gasteiger partial charge is 0.0938 e. The molecule has 2 saturated carbocycles. The fraction of sp³-hybridized carbons (Fsp3) is 1.00. The number of hydrogen-bond acceptors (Lipinski definition) is 4. The molecule has 2 unspecified atom stereocenters. The monoisotopic (exact) mass is 282 g/mol. The number of likely N-dealkylation sites (tertiary alicyclic amines) is 1. The highest BCUT2D eigenvalue weighted by atomic mass is 16.3. The molecule has 3 fully saturated rings. The average molecular weight is 282 g/mol. The SMILES string of the molecule is OC1CN(CC2(CNC3CC3)CCCCCC2)CC1O. The zero-order valence-electron chi connectivity index (χ0n) is 12.6. The predicted molar refractivity (Wildman–Crippen MR) is 79.6 cm³/mol. The summed E-state index contributed by atoms with van der Waals surface area (Å²) in [5.41, 5.74) is 0.364. The zero-order valence-corrected chi connectivity index (χ0v) is 12.6. The number of aliphatic hydroxyl groups is 2. The summed E-state index contributed by atoms with van der Waals surface area (Å²) in [5, 5.41) is 23.3. The van der Waals surface area contributed by atoms with Crippen LogP contribution in [0.4, 0.5) is 0 Å². The molecule has 3 aliphatic rings. The average Bonchev–Trinajstić information content (AvgIpc) is 3.20. The maximum absolute atomic E-state index is 9.76. The first kappa shape index (κ1) is 14.8. The molecule has 20 heavy (non-hydrogen) atoms. The van der Waals surface area contributed by atoms with Gasteiger partial charge in [0.1, 0.15) is 0 Å². The summed E-state index contributed by atoms with van der Waals surface area (Å²) in [5.74, 6) is 0. The molecule has 0 amide bonds. The lowest BCUT2D eigenvalue weighted by atomic mass is 9.79. The van der Waals surface area contributed by atoms with Gasteiger partial charge in [0.25, 0.3) is 0 Å². The molecule has 0 aromatic carbocycles. The van der Waals surface area contributed by atoms with Crippen LogP contribution in [0.15, 0.2) is 0 Å². The summed E-state index contributed by atoms with van der Waals surface area (Å²) in [6.07, 6.45) is 9.62.